The maximum absolute atomic E-state index is 11.5. The number of ether oxygens (including phenoxy) is 2. The highest BCUT2D eigenvalue weighted by Crippen LogP contribution is 2.12. The van der Waals surface area contributed by atoms with E-state index >= 15 is 0 Å². The molecule has 5 heteroatoms. The first kappa shape index (κ1) is 12.3. The molecule has 1 aliphatic heterocycles. The van der Waals surface area contributed by atoms with E-state index in [0.29, 0.717) is 19.7 Å². The van der Waals surface area contributed by atoms with Gasteiger partial charge in [-0.05, 0) is 6.42 Å². The van der Waals surface area contributed by atoms with Crippen molar-refractivity contribution in [2.45, 2.75) is 31.9 Å². The highest BCUT2D eigenvalue weighted by molar-refractivity contribution is 5.68. The van der Waals surface area contributed by atoms with Crippen molar-refractivity contribution in [1.82, 2.24) is 4.90 Å². The predicted octanol–water partition coefficient (Wildman–Crippen LogP) is 0.581. The molecule has 1 amide bonds. The minimum absolute atomic E-state index is 0.0660. The largest absolute Gasteiger partial charge is 0.449 e. The van der Waals surface area contributed by atoms with E-state index in [0.717, 1.165) is 12.8 Å². The maximum atomic E-state index is 11.5. The van der Waals surface area contributed by atoms with Gasteiger partial charge in [-0.1, -0.05) is 13.3 Å². The number of carbonyl (C=O) groups excluding carboxylic acids is 1. The number of hydrogen-bond donors (Lipinski definition) is 1. The lowest BCUT2D eigenvalue weighted by molar-refractivity contribution is 0.0844. The molecule has 5 nitrogen and oxygen atoms in total. The summed E-state index contributed by atoms with van der Waals surface area (Å²) in [6.07, 6.45) is 1.58. The van der Waals surface area contributed by atoms with Crippen LogP contribution in [-0.2, 0) is 9.47 Å². The third-order valence-electron chi connectivity index (χ3n) is 2.59. The molecule has 0 aromatic rings. The van der Waals surface area contributed by atoms with Gasteiger partial charge in [0.05, 0.1) is 25.3 Å². The average Bonchev–Trinajstić information content (AvgIpc) is 2.60. The molecule has 0 bridgehead atoms. The van der Waals surface area contributed by atoms with Crippen molar-refractivity contribution in [3.8, 4) is 0 Å². The second-order valence-corrected chi connectivity index (χ2v) is 3.81. The van der Waals surface area contributed by atoms with Gasteiger partial charge in [0.2, 0.25) is 0 Å². The molecule has 0 spiro atoms. The zero-order valence-electron chi connectivity index (χ0n) is 9.44. The van der Waals surface area contributed by atoms with Crippen molar-refractivity contribution >= 4 is 6.09 Å². The van der Waals surface area contributed by atoms with Gasteiger partial charge >= 0.3 is 6.09 Å². The van der Waals surface area contributed by atoms with Crippen LogP contribution in [0, 0.1) is 0 Å². The van der Waals surface area contributed by atoms with E-state index in [9.17, 15) is 4.79 Å². The molecular weight excluding hydrogens is 196 g/mol. The van der Waals surface area contributed by atoms with Gasteiger partial charge in [0.25, 0.3) is 0 Å². The van der Waals surface area contributed by atoms with E-state index < -0.39 is 0 Å². The highest BCUT2D eigenvalue weighted by atomic mass is 16.6. The van der Waals surface area contributed by atoms with Crippen LogP contribution in [0.5, 0.6) is 0 Å². The van der Waals surface area contributed by atoms with Gasteiger partial charge in [0, 0.05) is 13.7 Å². The van der Waals surface area contributed by atoms with Crippen molar-refractivity contribution in [1.29, 1.82) is 0 Å². The van der Waals surface area contributed by atoms with Gasteiger partial charge in [0.15, 0.2) is 0 Å². The van der Waals surface area contributed by atoms with Gasteiger partial charge in [-0.3, -0.25) is 0 Å². The molecular formula is C10H20N2O3. The molecule has 0 aromatic carbocycles. The number of carbonyl (C=O) groups is 1. The molecule has 1 heterocycles. The van der Waals surface area contributed by atoms with Gasteiger partial charge in [-0.2, -0.15) is 0 Å². The molecule has 2 atom stereocenters. The van der Waals surface area contributed by atoms with Crippen LogP contribution in [0.3, 0.4) is 0 Å². The number of amides is 1. The third kappa shape index (κ3) is 3.35. The quantitative estimate of drug-likeness (QED) is 0.698. The fourth-order valence-corrected chi connectivity index (χ4v) is 1.59. The smallest absolute Gasteiger partial charge is 0.409 e. The summed E-state index contributed by atoms with van der Waals surface area (Å²) in [7, 11) is 1.61. The van der Waals surface area contributed by atoms with Crippen LogP contribution in [0.1, 0.15) is 19.8 Å². The van der Waals surface area contributed by atoms with E-state index in [4.69, 9.17) is 15.2 Å². The molecule has 15 heavy (non-hydrogen) atoms. The van der Waals surface area contributed by atoms with Crippen LogP contribution in [0.4, 0.5) is 4.79 Å². The number of nitrogens with zero attached hydrogens (tertiary/aromatic N) is 1. The molecule has 88 valence electrons. The van der Waals surface area contributed by atoms with Crippen molar-refractivity contribution in [3.63, 3.8) is 0 Å². The Morgan fingerprint density at radius 3 is 2.80 bits per heavy atom. The molecule has 1 fully saturated rings. The van der Waals surface area contributed by atoms with Crippen molar-refractivity contribution < 1.29 is 14.3 Å². The number of unbranched alkanes of at least 4 members (excludes halogenated alkanes) is 1. The summed E-state index contributed by atoms with van der Waals surface area (Å²) in [5, 5.41) is 0. The van der Waals surface area contributed by atoms with Crippen molar-refractivity contribution in [2.24, 2.45) is 5.73 Å². The van der Waals surface area contributed by atoms with Gasteiger partial charge < -0.3 is 20.1 Å². The first-order valence-electron chi connectivity index (χ1n) is 5.39. The van der Waals surface area contributed by atoms with Gasteiger partial charge in [-0.15, -0.1) is 0 Å². The fourth-order valence-electron chi connectivity index (χ4n) is 1.59. The Hall–Kier alpha value is -0.810. The summed E-state index contributed by atoms with van der Waals surface area (Å²) in [5.41, 5.74) is 5.80. The summed E-state index contributed by atoms with van der Waals surface area (Å²) in [4.78, 5) is 13.1. The highest BCUT2D eigenvalue weighted by Gasteiger charge is 2.33. The summed E-state index contributed by atoms with van der Waals surface area (Å²) in [6.45, 7) is 3.59. The third-order valence-corrected chi connectivity index (χ3v) is 2.59. The monoisotopic (exact) mass is 216 g/mol. The van der Waals surface area contributed by atoms with Gasteiger partial charge in [0.1, 0.15) is 0 Å². The number of likely N-dealkylation sites (tertiary alicyclic amines) is 1. The van der Waals surface area contributed by atoms with Crippen LogP contribution in [-0.4, -0.2) is 49.9 Å². The van der Waals surface area contributed by atoms with E-state index in [2.05, 4.69) is 6.92 Å². The summed E-state index contributed by atoms with van der Waals surface area (Å²) < 4.78 is 10.2. The molecule has 1 saturated heterocycles. The van der Waals surface area contributed by atoms with Crippen LogP contribution >= 0.6 is 0 Å². The van der Waals surface area contributed by atoms with E-state index in [1.165, 1.54) is 0 Å². The Morgan fingerprint density at radius 1 is 1.53 bits per heavy atom. The minimum Gasteiger partial charge on any atom is -0.449 e. The zero-order chi connectivity index (χ0) is 11.3. The Balaban J connectivity index is 2.29. The number of hydrogen-bond acceptors (Lipinski definition) is 4. The Labute approximate surface area is 90.5 Å². The summed E-state index contributed by atoms with van der Waals surface area (Å²) in [6, 6.07) is -0.103. The van der Waals surface area contributed by atoms with E-state index in [1.54, 1.807) is 12.0 Å². The topological polar surface area (TPSA) is 64.8 Å². The molecule has 0 radical (unpaired) electrons. The first-order valence-corrected chi connectivity index (χ1v) is 5.39. The second kappa shape index (κ2) is 5.92. The van der Waals surface area contributed by atoms with Crippen LogP contribution < -0.4 is 5.73 Å². The Morgan fingerprint density at radius 2 is 2.27 bits per heavy atom. The van der Waals surface area contributed by atoms with Gasteiger partial charge in [-0.25, -0.2) is 4.79 Å². The normalized spacial score (nSPS) is 25.7. The first-order chi connectivity index (χ1) is 7.19. The molecule has 1 aliphatic rings. The molecule has 0 aromatic heterocycles. The van der Waals surface area contributed by atoms with Crippen molar-refractivity contribution in [2.75, 3.05) is 26.8 Å². The number of methoxy groups -OCH3 is 1. The second-order valence-electron chi connectivity index (χ2n) is 3.81. The molecule has 1 rings (SSSR count). The Kier molecular flexibility index (Phi) is 4.84. The summed E-state index contributed by atoms with van der Waals surface area (Å²) >= 11 is 0. The lowest BCUT2D eigenvalue weighted by Gasteiger charge is -2.15. The molecule has 0 aliphatic carbocycles. The molecule has 2 unspecified atom stereocenters. The fraction of sp³-hybridized carbons (Fsp3) is 0.900. The van der Waals surface area contributed by atoms with E-state index in [1.807, 2.05) is 0 Å². The molecule has 2 N–H and O–H groups in total. The van der Waals surface area contributed by atoms with Crippen molar-refractivity contribution in [3.05, 3.63) is 0 Å². The predicted molar refractivity (Wildman–Crippen MR) is 56.6 cm³/mol. The van der Waals surface area contributed by atoms with Crippen LogP contribution in [0.2, 0.25) is 0 Å². The lowest BCUT2D eigenvalue weighted by atomic mass is 10.2. The molecule has 0 saturated carbocycles. The SMILES string of the molecule is CCCCOC(=O)N1CC(N)C(OC)C1. The average molecular weight is 216 g/mol. The van der Waals surface area contributed by atoms with Crippen LogP contribution in [0.25, 0.3) is 0 Å². The Bertz CT molecular complexity index is 211. The lowest BCUT2D eigenvalue weighted by Crippen LogP contribution is -2.34. The minimum atomic E-state index is -0.279. The van der Waals surface area contributed by atoms with Crippen LogP contribution in [0.15, 0.2) is 0 Å². The standard InChI is InChI=1S/C10H20N2O3/c1-3-4-5-15-10(13)12-6-8(11)9(7-12)14-2/h8-9H,3-7,11H2,1-2H3. The zero-order valence-corrected chi connectivity index (χ0v) is 9.44. The number of nitrogens with two attached hydrogens (primary N) is 1. The maximum Gasteiger partial charge on any atom is 0.409 e. The summed E-state index contributed by atoms with van der Waals surface area (Å²) in [5.74, 6) is 0. The van der Waals surface area contributed by atoms with E-state index in [-0.39, 0.29) is 18.2 Å². The number of rotatable bonds is 4.